The smallest absolute Gasteiger partial charge is 0.229 e. The van der Waals surface area contributed by atoms with Crippen molar-refractivity contribution in [1.29, 1.82) is 0 Å². The Hall–Kier alpha value is -1.76. The fourth-order valence-electron chi connectivity index (χ4n) is 1.22. The van der Waals surface area contributed by atoms with Crippen molar-refractivity contribution in [3.05, 3.63) is 12.1 Å². The minimum absolute atomic E-state index is 0.220. The van der Waals surface area contributed by atoms with E-state index in [2.05, 4.69) is 25.6 Å². The van der Waals surface area contributed by atoms with Gasteiger partial charge in [0.05, 0.1) is 18.7 Å². The average Bonchev–Trinajstić information content (AvgIpc) is 2.83. The maximum atomic E-state index is 9.92. The molecule has 92 valence electrons. The number of H-pyrrole nitrogens is 1. The van der Waals surface area contributed by atoms with Crippen LogP contribution in [0.25, 0.3) is 11.5 Å². The lowest BCUT2D eigenvalue weighted by Crippen LogP contribution is -2.28. The van der Waals surface area contributed by atoms with Crippen LogP contribution in [0.4, 0.5) is 0 Å². The van der Waals surface area contributed by atoms with Gasteiger partial charge in [0.25, 0.3) is 0 Å². The number of aliphatic hydroxyl groups excluding tert-OH is 1. The lowest BCUT2D eigenvalue weighted by molar-refractivity contribution is 0.0565. The summed E-state index contributed by atoms with van der Waals surface area (Å²) in [5.41, 5.74) is 0.299. The average molecular weight is 237 g/mol. The van der Waals surface area contributed by atoms with Crippen LogP contribution in [-0.2, 0) is 6.42 Å². The van der Waals surface area contributed by atoms with Crippen LogP contribution in [0.5, 0.6) is 0 Å². The van der Waals surface area contributed by atoms with Gasteiger partial charge in [-0.15, -0.1) is 0 Å². The third-order valence-corrected chi connectivity index (χ3v) is 2.48. The van der Waals surface area contributed by atoms with Gasteiger partial charge in [0.1, 0.15) is 0 Å². The van der Waals surface area contributed by atoms with Gasteiger partial charge >= 0.3 is 0 Å². The van der Waals surface area contributed by atoms with Crippen molar-refractivity contribution in [1.82, 2.24) is 25.6 Å². The molecule has 17 heavy (non-hydrogen) atoms. The molecule has 1 unspecified atom stereocenters. The quantitative estimate of drug-likeness (QED) is 0.819. The molecular weight excluding hydrogens is 222 g/mol. The highest BCUT2D eigenvalue weighted by Crippen LogP contribution is 2.22. The zero-order chi connectivity index (χ0) is 12.5. The number of aromatic nitrogens is 5. The Morgan fingerprint density at radius 2 is 2.24 bits per heavy atom. The summed E-state index contributed by atoms with van der Waals surface area (Å²) in [4.78, 5) is 4.15. The van der Waals surface area contributed by atoms with Crippen molar-refractivity contribution >= 4 is 0 Å². The summed E-state index contributed by atoms with van der Waals surface area (Å²) in [6, 6.07) is 0. The van der Waals surface area contributed by atoms with Crippen LogP contribution in [0, 0.1) is 5.41 Å². The number of rotatable bonds is 3. The molecule has 7 nitrogen and oxygen atoms in total. The second kappa shape index (κ2) is 4.25. The molecule has 0 fully saturated rings. The van der Waals surface area contributed by atoms with E-state index in [-0.39, 0.29) is 5.41 Å². The molecule has 0 bridgehead atoms. The van der Waals surface area contributed by atoms with E-state index in [0.29, 0.717) is 23.8 Å². The molecule has 0 saturated carbocycles. The second-order valence-corrected chi connectivity index (χ2v) is 4.95. The number of aromatic amines is 1. The Labute approximate surface area is 98.2 Å². The standard InChI is InChI=1S/C10H15N5O2/c1-10(2,3)7(16)4-8-12-9(14-17-8)6-5-11-15-13-6/h5,7,16H,4H2,1-3H3,(H,11,13,15). The maximum Gasteiger partial charge on any atom is 0.229 e. The number of hydrogen-bond donors (Lipinski definition) is 2. The second-order valence-electron chi connectivity index (χ2n) is 4.95. The molecule has 7 heteroatoms. The van der Waals surface area contributed by atoms with Gasteiger partial charge in [-0.1, -0.05) is 25.9 Å². The summed E-state index contributed by atoms with van der Waals surface area (Å²) in [6.07, 6.45) is 1.30. The van der Waals surface area contributed by atoms with Gasteiger partial charge in [0, 0.05) is 0 Å². The van der Waals surface area contributed by atoms with Crippen molar-refractivity contribution < 1.29 is 9.63 Å². The first kappa shape index (κ1) is 11.7. The minimum Gasteiger partial charge on any atom is -0.392 e. The molecular formula is C10H15N5O2. The Morgan fingerprint density at radius 3 is 2.82 bits per heavy atom. The van der Waals surface area contributed by atoms with E-state index in [4.69, 9.17) is 4.52 Å². The molecule has 0 aliphatic carbocycles. The largest absolute Gasteiger partial charge is 0.392 e. The normalized spacial score (nSPS) is 13.9. The summed E-state index contributed by atoms with van der Waals surface area (Å²) >= 11 is 0. The zero-order valence-electron chi connectivity index (χ0n) is 10.0. The molecule has 2 heterocycles. The molecule has 0 aliphatic heterocycles. The van der Waals surface area contributed by atoms with Crippen LogP contribution in [0.3, 0.4) is 0 Å². The molecule has 0 spiro atoms. The summed E-state index contributed by atoms with van der Waals surface area (Å²) in [7, 11) is 0. The predicted octanol–water partition coefficient (Wildman–Crippen LogP) is 0.804. The van der Waals surface area contributed by atoms with Gasteiger partial charge in [-0.05, 0) is 5.41 Å². The molecule has 2 rings (SSSR count). The van der Waals surface area contributed by atoms with Gasteiger partial charge in [-0.25, -0.2) is 0 Å². The SMILES string of the molecule is CC(C)(C)C(O)Cc1nc(-c2cn[nH]n2)no1. The van der Waals surface area contributed by atoms with Gasteiger partial charge in [0.2, 0.25) is 11.7 Å². The minimum atomic E-state index is -0.534. The highest BCUT2D eigenvalue weighted by molar-refractivity contribution is 5.44. The van der Waals surface area contributed by atoms with E-state index >= 15 is 0 Å². The van der Waals surface area contributed by atoms with Gasteiger partial charge in [-0.2, -0.15) is 20.4 Å². The maximum absolute atomic E-state index is 9.92. The van der Waals surface area contributed by atoms with E-state index in [9.17, 15) is 5.11 Å². The first-order valence-corrected chi connectivity index (χ1v) is 5.33. The summed E-state index contributed by atoms with van der Waals surface area (Å²) in [5.74, 6) is 0.764. The highest BCUT2D eigenvalue weighted by atomic mass is 16.5. The predicted molar refractivity (Wildman–Crippen MR) is 58.8 cm³/mol. The summed E-state index contributed by atoms with van der Waals surface area (Å²) in [6.45, 7) is 5.85. The van der Waals surface area contributed by atoms with E-state index in [1.807, 2.05) is 20.8 Å². The first-order valence-electron chi connectivity index (χ1n) is 5.33. The van der Waals surface area contributed by atoms with Gasteiger partial charge < -0.3 is 9.63 Å². The molecule has 2 N–H and O–H groups in total. The van der Waals surface area contributed by atoms with Crippen LogP contribution >= 0.6 is 0 Å². The van der Waals surface area contributed by atoms with E-state index in [1.165, 1.54) is 6.20 Å². The summed E-state index contributed by atoms with van der Waals surface area (Å²) in [5, 5.41) is 23.7. The molecule has 0 amide bonds. The third kappa shape index (κ3) is 2.68. The monoisotopic (exact) mass is 237 g/mol. The number of nitrogens with zero attached hydrogens (tertiary/aromatic N) is 4. The Morgan fingerprint density at radius 1 is 1.47 bits per heavy atom. The zero-order valence-corrected chi connectivity index (χ0v) is 10.0. The molecule has 2 aromatic rings. The molecule has 0 radical (unpaired) electrons. The van der Waals surface area contributed by atoms with Crippen LogP contribution in [0.1, 0.15) is 26.7 Å². The van der Waals surface area contributed by atoms with Crippen LogP contribution in [-0.4, -0.2) is 36.8 Å². The fourth-order valence-corrected chi connectivity index (χ4v) is 1.22. The lowest BCUT2D eigenvalue weighted by Gasteiger charge is -2.24. The van der Waals surface area contributed by atoms with E-state index in [1.54, 1.807) is 0 Å². The topological polar surface area (TPSA) is 101 Å². The van der Waals surface area contributed by atoms with E-state index < -0.39 is 6.10 Å². The highest BCUT2D eigenvalue weighted by Gasteiger charge is 2.25. The Balaban J connectivity index is 2.09. The van der Waals surface area contributed by atoms with Crippen LogP contribution in [0.2, 0.25) is 0 Å². The van der Waals surface area contributed by atoms with Crippen molar-refractivity contribution in [2.75, 3.05) is 0 Å². The Bertz CT molecular complexity index is 471. The fraction of sp³-hybridized carbons (Fsp3) is 0.600. The third-order valence-electron chi connectivity index (χ3n) is 2.48. The lowest BCUT2D eigenvalue weighted by atomic mass is 9.87. The summed E-state index contributed by atoms with van der Waals surface area (Å²) < 4.78 is 5.05. The first-order chi connectivity index (χ1) is 7.97. The molecule has 2 aromatic heterocycles. The number of nitrogens with one attached hydrogen (secondary N) is 1. The number of aliphatic hydroxyl groups is 1. The van der Waals surface area contributed by atoms with Crippen LogP contribution in [0.15, 0.2) is 10.7 Å². The van der Waals surface area contributed by atoms with Gasteiger partial charge in [-0.3, -0.25) is 0 Å². The van der Waals surface area contributed by atoms with Crippen LogP contribution < -0.4 is 0 Å². The molecule has 0 aromatic carbocycles. The van der Waals surface area contributed by atoms with Crippen molar-refractivity contribution in [2.45, 2.75) is 33.3 Å². The van der Waals surface area contributed by atoms with Crippen molar-refractivity contribution in [3.63, 3.8) is 0 Å². The molecule has 0 saturated heterocycles. The molecule has 1 atom stereocenters. The van der Waals surface area contributed by atoms with E-state index in [0.717, 1.165) is 0 Å². The Kier molecular flexibility index (Phi) is 2.93. The van der Waals surface area contributed by atoms with Crippen molar-refractivity contribution in [2.24, 2.45) is 5.41 Å². The van der Waals surface area contributed by atoms with Crippen molar-refractivity contribution in [3.8, 4) is 11.5 Å². The van der Waals surface area contributed by atoms with Gasteiger partial charge in [0.15, 0.2) is 5.69 Å². The number of hydrogen-bond acceptors (Lipinski definition) is 6. The molecule has 0 aliphatic rings.